The van der Waals surface area contributed by atoms with Gasteiger partial charge in [-0.25, -0.2) is 17.2 Å². The lowest BCUT2D eigenvalue weighted by Gasteiger charge is -2.23. The van der Waals surface area contributed by atoms with E-state index in [1.54, 1.807) is 18.2 Å². The molecule has 222 valence electrons. The molecule has 41 heavy (non-hydrogen) atoms. The fourth-order valence-electron chi connectivity index (χ4n) is 4.18. The highest BCUT2D eigenvalue weighted by Gasteiger charge is 2.30. The number of carbonyl (C=O) groups is 1. The second-order valence-corrected chi connectivity index (χ2v) is 11.6. The normalized spacial score (nSPS) is 12.0. The van der Waals surface area contributed by atoms with E-state index in [-0.39, 0.29) is 41.7 Å². The molecule has 0 aliphatic carbocycles. The lowest BCUT2D eigenvalue weighted by atomic mass is 10.1. The first-order chi connectivity index (χ1) is 19.2. The third-order valence-electron chi connectivity index (χ3n) is 6.22. The highest BCUT2D eigenvalue weighted by molar-refractivity contribution is 7.90. The Labute approximate surface area is 236 Å². The minimum Gasteiger partial charge on any atom is -0.493 e. The van der Waals surface area contributed by atoms with Crippen LogP contribution in [0.15, 0.2) is 65.6 Å². The number of rotatable bonds is 13. The molecule has 0 saturated heterocycles. The van der Waals surface area contributed by atoms with E-state index in [0.717, 1.165) is 30.0 Å². The first-order valence-corrected chi connectivity index (χ1v) is 14.6. The number of nitrogens with one attached hydrogen (secondary N) is 1. The van der Waals surface area contributed by atoms with Crippen molar-refractivity contribution in [3.05, 3.63) is 94.6 Å². The molecule has 0 saturated carbocycles. The highest BCUT2D eigenvalue weighted by Crippen LogP contribution is 2.30. The molecule has 12 heteroatoms. The third kappa shape index (κ3) is 10.1. The molecular weight excluding hydrogens is 567 g/mol. The van der Waals surface area contributed by atoms with Crippen molar-refractivity contribution in [2.24, 2.45) is 0 Å². The first kappa shape index (κ1) is 32.0. The first-order valence-electron chi connectivity index (χ1n) is 12.7. The maximum absolute atomic E-state index is 14.8. The molecule has 0 atom stereocenters. The molecule has 3 aromatic carbocycles. The van der Waals surface area contributed by atoms with E-state index in [2.05, 4.69) is 5.32 Å². The van der Waals surface area contributed by atoms with Gasteiger partial charge in [-0.1, -0.05) is 30.3 Å². The molecule has 0 spiro atoms. The SMILES string of the molecule is CC(=O)NCc1c(F)cc(OCCCN(CCc2ccc(F)cc2)Cc2cccc(C(F)(F)F)c2)cc1S(C)(=O)=O. The lowest BCUT2D eigenvalue weighted by molar-refractivity contribution is -0.137. The highest BCUT2D eigenvalue weighted by atomic mass is 32.2. The van der Waals surface area contributed by atoms with Gasteiger partial charge in [0.15, 0.2) is 9.84 Å². The number of ether oxygens (including phenoxy) is 1. The Kier molecular flexibility index (Phi) is 10.9. The number of nitrogens with zero attached hydrogens (tertiary/aromatic N) is 1. The Balaban J connectivity index is 1.69. The quantitative estimate of drug-likeness (QED) is 0.207. The fourth-order valence-corrected chi connectivity index (χ4v) is 5.12. The zero-order valence-electron chi connectivity index (χ0n) is 22.6. The maximum Gasteiger partial charge on any atom is 0.416 e. The minimum atomic E-state index is -4.47. The number of benzene rings is 3. The standard InChI is InChI=1S/C29H31F5N2O4S/c1-20(37)35-18-26-27(31)16-25(17-28(26)41(2,38)39)40-14-4-12-36(13-11-21-7-9-24(30)10-8-21)19-22-5-3-6-23(15-22)29(32,33)34/h3,5-10,15-17H,4,11-14,18-19H2,1-2H3,(H,35,37). The molecule has 0 unspecified atom stereocenters. The van der Waals surface area contributed by atoms with Crippen molar-refractivity contribution in [1.29, 1.82) is 0 Å². The van der Waals surface area contributed by atoms with Gasteiger partial charge in [-0.3, -0.25) is 9.69 Å². The topological polar surface area (TPSA) is 75.7 Å². The van der Waals surface area contributed by atoms with E-state index in [4.69, 9.17) is 4.74 Å². The van der Waals surface area contributed by atoms with E-state index >= 15 is 0 Å². The summed E-state index contributed by atoms with van der Waals surface area (Å²) in [5.41, 5.74) is 0.403. The van der Waals surface area contributed by atoms with Gasteiger partial charge in [-0.15, -0.1) is 0 Å². The van der Waals surface area contributed by atoms with Crippen LogP contribution < -0.4 is 10.1 Å². The molecule has 6 nitrogen and oxygen atoms in total. The second-order valence-electron chi connectivity index (χ2n) is 9.62. The van der Waals surface area contributed by atoms with Gasteiger partial charge in [0.1, 0.15) is 17.4 Å². The zero-order valence-corrected chi connectivity index (χ0v) is 23.4. The van der Waals surface area contributed by atoms with Gasteiger partial charge in [0.05, 0.1) is 17.1 Å². The second kappa shape index (κ2) is 13.9. The molecule has 3 aromatic rings. The van der Waals surface area contributed by atoms with Crippen LogP contribution in [-0.2, 0) is 40.3 Å². The van der Waals surface area contributed by atoms with E-state index < -0.39 is 33.3 Å². The smallest absolute Gasteiger partial charge is 0.416 e. The number of hydrogen-bond acceptors (Lipinski definition) is 5. The van der Waals surface area contributed by atoms with Gasteiger partial charge < -0.3 is 10.1 Å². The number of sulfone groups is 1. The Morgan fingerprint density at radius 1 is 0.976 bits per heavy atom. The van der Waals surface area contributed by atoms with E-state index in [9.17, 15) is 35.2 Å². The number of alkyl halides is 3. The number of halogens is 5. The Morgan fingerprint density at radius 2 is 1.68 bits per heavy atom. The summed E-state index contributed by atoms with van der Waals surface area (Å²) in [7, 11) is -3.84. The third-order valence-corrected chi connectivity index (χ3v) is 7.38. The summed E-state index contributed by atoms with van der Waals surface area (Å²) in [4.78, 5) is 12.9. The Morgan fingerprint density at radius 3 is 2.32 bits per heavy atom. The summed E-state index contributed by atoms with van der Waals surface area (Å²) < 4.78 is 97.8. The van der Waals surface area contributed by atoms with Crippen LogP contribution in [0.5, 0.6) is 5.75 Å². The zero-order chi connectivity index (χ0) is 30.2. The van der Waals surface area contributed by atoms with Crippen LogP contribution in [0.25, 0.3) is 0 Å². The minimum absolute atomic E-state index is 0.00904. The fraction of sp³-hybridized carbons (Fsp3) is 0.345. The van der Waals surface area contributed by atoms with Crippen LogP contribution in [0, 0.1) is 11.6 Å². The van der Waals surface area contributed by atoms with Crippen LogP contribution >= 0.6 is 0 Å². The number of hydrogen-bond donors (Lipinski definition) is 1. The molecular formula is C29H31F5N2O4S. The van der Waals surface area contributed by atoms with Gasteiger partial charge in [0.25, 0.3) is 0 Å². The van der Waals surface area contributed by atoms with Crippen LogP contribution in [0.1, 0.15) is 35.6 Å². The van der Waals surface area contributed by atoms with Crippen LogP contribution in [0.3, 0.4) is 0 Å². The van der Waals surface area contributed by atoms with Crippen molar-refractivity contribution in [1.82, 2.24) is 10.2 Å². The molecule has 0 aromatic heterocycles. The van der Waals surface area contributed by atoms with E-state index in [1.807, 2.05) is 4.90 Å². The Hall–Kier alpha value is -3.51. The summed E-state index contributed by atoms with van der Waals surface area (Å²) in [6.45, 7) is 2.08. The van der Waals surface area contributed by atoms with Crippen LogP contribution in [-0.4, -0.2) is 45.2 Å². The number of amides is 1. The van der Waals surface area contributed by atoms with Gasteiger partial charge in [-0.05, 0) is 48.2 Å². The van der Waals surface area contributed by atoms with Crippen LogP contribution in [0.4, 0.5) is 22.0 Å². The summed E-state index contributed by atoms with van der Waals surface area (Å²) >= 11 is 0. The van der Waals surface area contributed by atoms with Crippen molar-refractivity contribution < 1.29 is 39.9 Å². The molecule has 0 aliphatic rings. The predicted molar refractivity (Wildman–Crippen MR) is 144 cm³/mol. The predicted octanol–water partition coefficient (Wildman–Crippen LogP) is 5.54. The van der Waals surface area contributed by atoms with Crippen molar-refractivity contribution >= 4 is 15.7 Å². The molecule has 0 aliphatic heterocycles. The van der Waals surface area contributed by atoms with Gasteiger partial charge in [0, 0.05) is 51.0 Å². The van der Waals surface area contributed by atoms with Crippen molar-refractivity contribution in [2.75, 3.05) is 26.0 Å². The van der Waals surface area contributed by atoms with Gasteiger partial charge >= 0.3 is 6.18 Å². The molecule has 0 heterocycles. The molecule has 0 bridgehead atoms. The largest absolute Gasteiger partial charge is 0.493 e. The molecule has 1 amide bonds. The summed E-state index contributed by atoms with van der Waals surface area (Å²) in [5.74, 6) is -1.67. The van der Waals surface area contributed by atoms with Crippen molar-refractivity contribution in [3.8, 4) is 5.75 Å². The summed E-state index contributed by atoms with van der Waals surface area (Å²) in [5, 5.41) is 2.39. The van der Waals surface area contributed by atoms with Gasteiger partial charge in [0.2, 0.25) is 5.91 Å². The molecule has 0 fully saturated rings. The number of carbonyl (C=O) groups excluding carboxylic acids is 1. The Bertz CT molecular complexity index is 1440. The monoisotopic (exact) mass is 598 g/mol. The van der Waals surface area contributed by atoms with Gasteiger partial charge in [-0.2, -0.15) is 13.2 Å². The summed E-state index contributed by atoms with van der Waals surface area (Å²) in [6.07, 6.45) is -2.62. The van der Waals surface area contributed by atoms with Crippen molar-refractivity contribution in [2.45, 2.75) is 43.9 Å². The van der Waals surface area contributed by atoms with Crippen molar-refractivity contribution in [3.63, 3.8) is 0 Å². The average molecular weight is 599 g/mol. The maximum atomic E-state index is 14.8. The lowest BCUT2D eigenvalue weighted by Crippen LogP contribution is -2.28. The average Bonchev–Trinajstić information content (AvgIpc) is 2.88. The molecule has 0 radical (unpaired) electrons. The van der Waals surface area contributed by atoms with E-state index in [1.165, 1.54) is 31.2 Å². The molecule has 3 rings (SSSR count). The van der Waals surface area contributed by atoms with Crippen LogP contribution in [0.2, 0.25) is 0 Å². The molecule has 1 N–H and O–H groups in total. The summed E-state index contributed by atoms with van der Waals surface area (Å²) in [6, 6.07) is 13.3. The van der Waals surface area contributed by atoms with E-state index in [0.29, 0.717) is 31.5 Å².